The van der Waals surface area contributed by atoms with E-state index in [4.69, 9.17) is 11.6 Å². The van der Waals surface area contributed by atoms with E-state index in [0.29, 0.717) is 21.4 Å². The molecule has 2 aliphatic rings. The van der Waals surface area contributed by atoms with E-state index in [9.17, 15) is 24.3 Å². The highest BCUT2D eigenvalue weighted by Crippen LogP contribution is 2.42. The highest BCUT2D eigenvalue weighted by atomic mass is 35.5. The molecule has 14 nitrogen and oxygen atoms in total. The third kappa shape index (κ3) is 6.57. The number of amides is 4. The Morgan fingerprint density at radius 2 is 2.05 bits per heavy atom. The van der Waals surface area contributed by atoms with Crippen molar-refractivity contribution < 1.29 is 24.3 Å². The fourth-order valence-electron chi connectivity index (χ4n) is 3.40. The number of fused-ring (bicyclic) bond motifs is 1. The topological polar surface area (TPSA) is 219 Å². The fraction of sp³-hybridized carbons (Fsp3) is 0.353. The molecule has 2 aromatic heterocycles. The Kier molecular flexibility index (Phi) is 10.8. The molecule has 4 amide bonds. The Bertz CT molecular complexity index is 1230. The molecule has 202 valence electrons. The SMILES string of the molecule is Cc1nnc(SCC2=C(C(=O)O)N3C(=O)C(NC(=O)C(NC(=O)NN)c4csc(N)n4)[C@@H]3SC2)s1.Cl.Cl. The van der Waals surface area contributed by atoms with Gasteiger partial charge >= 0.3 is 12.0 Å². The summed E-state index contributed by atoms with van der Waals surface area (Å²) in [6, 6.07) is -3.09. The Morgan fingerprint density at radius 1 is 1.32 bits per heavy atom. The summed E-state index contributed by atoms with van der Waals surface area (Å²) in [5.74, 6) is 3.28. The van der Waals surface area contributed by atoms with Gasteiger partial charge in [-0.2, -0.15) is 0 Å². The molecule has 0 radical (unpaired) electrons. The second-order valence-corrected chi connectivity index (χ2v) is 11.6. The van der Waals surface area contributed by atoms with Crippen LogP contribution in [-0.4, -0.2) is 71.9 Å². The number of aromatic nitrogens is 3. The highest BCUT2D eigenvalue weighted by molar-refractivity contribution is 8.01. The summed E-state index contributed by atoms with van der Waals surface area (Å²) in [5.41, 5.74) is 8.15. The van der Waals surface area contributed by atoms with Gasteiger partial charge in [0.1, 0.15) is 22.1 Å². The van der Waals surface area contributed by atoms with Crippen LogP contribution < -0.4 is 27.6 Å². The number of carboxylic acid groups (broad SMARTS) is 1. The van der Waals surface area contributed by atoms with Gasteiger partial charge in [0.2, 0.25) is 5.91 Å². The van der Waals surface area contributed by atoms with Crippen molar-refractivity contribution in [2.45, 2.75) is 28.7 Å². The number of β-lactam (4-membered cyclic amide) rings is 1. The van der Waals surface area contributed by atoms with Crippen molar-refractivity contribution in [2.75, 3.05) is 17.2 Å². The first-order valence-electron chi connectivity index (χ1n) is 9.81. The van der Waals surface area contributed by atoms with Crippen LogP contribution in [0.1, 0.15) is 16.7 Å². The number of carbonyl (C=O) groups excluding carboxylic acids is 3. The van der Waals surface area contributed by atoms with E-state index >= 15 is 0 Å². The van der Waals surface area contributed by atoms with Gasteiger partial charge in [-0.25, -0.2) is 20.4 Å². The van der Waals surface area contributed by atoms with Crippen molar-refractivity contribution in [2.24, 2.45) is 5.84 Å². The standard InChI is InChI=1S/C17H19N9O5S4.2ClH/c1-5-24-25-17(35-5)34-3-6-2-32-13-9(12(28)26(13)10(6)14(29)30)21-11(27)8(22-16(31)23-19)7-4-33-15(18)20-7;;/h4,8-9,13H,2-3,19H2,1H3,(H2,18,20)(H,21,27)(H,29,30)(H2,22,23,31);2*1H/t8?,9?,13-;;/m0../s1. The lowest BCUT2D eigenvalue weighted by atomic mass is 10.0. The lowest BCUT2D eigenvalue weighted by Gasteiger charge is -2.49. The van der Waals surface area contributed by atoms with Crippen LogP contribution in [0.25, 0.3) is 0 Å². The molecular formula is C17H21Cl2N9O5S4. The van der Waals surface area contributed by atoms with Crippen molar-refractivity contribution in [1.29, 1.82) is 0 Å². The van der Waals surface area contributed by atoms with Crippen LogP contribution in [0.5, 0.6) is 0 Å². The Morgan fingerprint density at radius 3 is 2.62 bits per heavy atom. The molecule has 2 unspecified atom stereocenters. The summed E-state index contributed by atoms with van der Waals surface area (Å²) in [4.78, 5) is 54.9. The monoisotopic (exact) mass is 629 g/mol. The van der Waals surface area contributed by atoms with Gasteiger partial charge in [-0.15, -0.1) is 58.1 Å². The molecular weight excluding hydrogens is 609 g/mol. The van der Waals surface area contributed by atoms with Crippen LogP contribution in [0.3, 0.4) is 0 Å². The summed E-state index contributed by atoms with van der Waals surface area (Å²) in [6.45, 7) is 1.82. The number of aryl methyl sites for hydroxylation is 1. The van der Waals surface area contributed by atoms with Gasteiger partial charge in [0.05, 0.1) is 5.69 Å². The average molecular weight is 631 g/mol. The fourth-order valence-corrected chi connectivity index (χ4v) is 7.29. The molecule has 0 bridgehead atoms. The number of carbonyl (C=O) groups is 4. The molecule has 0 saturated carbocycles. The molecule has 0 aliphatic carbocycles. The van der Waals surface area contributed by atoms with Gasteiger partial charge in [0, 0.05) is 16.9 Å². The lowest BCUT2D eigenvalue weighted by Crippen LogP contribution is -2.71. The minimum atomic E-state index is -1.26. The first-order valence-corrected chi connectivity index (χ1v) is 13.5. The molecule has 0 spiro atoms. The number of hydrogen-bond acceptors (Lipinski definition) is 13. The summed E-state index contributed by atoms with van der Waals surface area (Å²) in [5, 5.41) is 24.6. The number of aliphatic carboxylic acids is 1. The van der Waals surface area contributed by atoms with Crippen LogP contribution in [0.4, 0.5) is 9.93 Å². The Labute approximate surface area is 238 Å². The molecule has 0 aromatic carbocycles. The minimum absolute atomic E-state index is 0. The molecule has 1 fully saturated rings. The number of hydrogen-bond donors (Lipinski definition) is 6. The second-order valence-electron chi connectivity index (χ2n) is 7.19. The van der Waals surface area contributed by atoms with E-state index in [1.54, 1.807) is 0 Å². The van der Waals surface area contributed by atoms with E-state index in [1.807, 2.05) is 12.3 Å². The quantitative estimate of drug-likeness (QED) is 0.0771. The van der Waals surface area contributed by atoms with Gasteiger partial charge in [-0.3, -0.25) is 19.9 Å². The number of nitrogens with one attached hydrogen (secondary N) is 3. The van der Waals surface area contributed by atoms with Crippen LogP contribution in [0.2, 0.25) is 0 Å². The first kappa shape index (κ1) is 30.9. The summed E-state index contributed by atoms with van der Waals surface area (Å²) in [6.07, 6.45) is 0. The minimum Gasteiger partial charge on any atom is -0.477 e. The van der Waals surface area contributed by atoms with Gasteiger partial charge in [-0.05, 0) is 12.5 Å². The molecule has 1 saturated heterocycles. The van der Waals surface area contributed by atoms with Crippen LogP contribution in [0, 0.1) is 6.92 Å². The number of anilines is 1. The number of nitrogen functional groups attached to an aromatic ring is 1. The molecule has 37 heavy (non-hydrogen) atoms. The molecule has 4 rings (SSSR count). The van der Waals surface area contributed by atoms with Gasteiger partial charge in [0.15, 0.2) is 15.5 Å². The number of rotatable bonds is 8. The highest BCUT2D eigenvalue weighted by Gasteiger charge is 2.54. The smallest absolute Gasteiger partial charge is 0.352 e. The van der Waals surface area contributed by atoms with Gasteiger partial charge in [-0.1, -0.05) is 23.1 Å². The number of nitrogens with zero attached hydrogens (tertiary/aromatic N) is 4. The normalized spacial score (nSPS) is 19.0. The number of thiazole rings is 1. The van der Waals surface area contributed by atoms with E-state index in [0.717, 1.165) is 16.3 Å². The van der Waals surface area contributed by atoms with E-state index < -0.39 is 41.3 Å². The Balaban J connectivity index is 0.00000241. The molecule has 4 heterocycles. The van der Waals surface area contributed by atoms with Crippen molar-refractivity contribution in [3.05, 3.63) is 27.4 Å². The zero-order valence-electron chi connectivity index (χ0n) is 18.7. The van der Waals surface area contributed by atoms with E-state index in [2.05, 4.69) is 25.8 Å². The van der Waals surface area contributed by atoms with E-state index in [1.165, 1.54) is 45.1 Å². The largest absolute Gasteiger partial charge is 0.477 e. The second kappa shape index (κ2) is 12.9. The number of halogens is 2. The first-order chi connectivity index (χ1) is 16.7. The van der Waals surface area contributed by atoms with E-state index in [-0.39, 0.29) is 41.3 Å². The number of carboxylic acids is 1. The molecule has 2 aliphatic heterocycles. The van der Waals surface area contributed by atoms with Crippen LogP contribution >= 0.6 is 71.0 Å². The predicted molar refractivity (Wildman–Crippen MR) is 145 cm³/mol. The maximum absolute atomic E-state index is 13.0. The Hall–Kier alpha value is -2.35. The number of urea groups is 1. The third-order valence-corrected chi connectivity index (χ3v) is 9.02. The van der Waals surface area contributed by atoms with Gasteiger partial charge < -0.3 is 21.5 Å². The van der Waals surface area contributed by atoms with Gasteiger partial charge in [0.25, 0.3) is 5.91 Å². The maximum Gasteiger partial charge on any atom is 0.352 e. The summed E-state index contributed by atoms with van der Waals surface area (Å²) >= 11 is 5.16. The lowest BCUT2D eigenvalue weighted by molar-refractivity contribution is -0.151. The predicted octanol–water partition coefficient (Wildman–Crippen LogP) is 0.474. The maximum atomic E-state index is 13.0. The van der Waals surface area contributed by atoms with Crippen molar-refractivity contribution in [3.63, 3.8) is 0 Å². The average Bonchev–Trinajstić information content (AvgIpc) is 3.45. The number of nitrogens with two attached hydrogens (primary N) is 2. The zero-order valence-corrected chi connectivity index (χ0v) is 23.6. The molecule has 3 atom stereocenters. The van der Waals surface area contributed by atoms with Crippen molar-refractivity contribution in [3.8, 4) is 0 Å². The number of thioether (sulfide) groups is 2. The summed E-state index contributed by atoms with van der Waals surface area (Å²) < 4.78 is 0.703. The summed E-state index contributed by atoms with van der Waals surface area (Å²) in [7, 11) is 0. The van der Waals surface area contributed by atoms with Crippen molar-refractivity contribution in [1.82, 2.24) is 36.1 Å². The molecule has 2 aromatic rings. The molecule has 8 N–H and O–H groups in total. The van der Waals surface area contributed by atoms with Crippen LogP contribution in [0.15, 0.2) is 21.0 Å². The molecule has 20 heteroatoms. The zero-order chi connectivity index (χ0) is 25.3. The van der Waals surface area contributed by atoms with Crippen molar-refractivity contribution >= 4 is 100.0 Å². The number of hydrazine groups is 1. The van der Waals surface area contributed by atoms with Crippen LogP contribution in [-0.2, 0) is 14.4 Å². The third-order valence-electron chi connectivity index (χ3n) is 4.93.